The molecular formula is C36H84N4. The van der Waals surface area contributed by atoms with Gasteiger partial charge in [0.15, 0.2) is 0 Å². The highest BCUT2D eigenvalue weighted by molar-refractivity contribution is 4.45. The molecule has 0 aromatic rings. The van der Waals surface area contributed by atoms with E-state index < -0.39 is 0 Å². The van der Waals surface area contributed by atoms with E-state index in [0.29, 0.717) is 0 Å². The molecular weight excluding hydrogens is 488 g/mol. The van der Waals surface area contributed by atoms with Crippen LogP contribution in [-0.2, 0) is 0 Å². The van der Waals surface area contributed by atoms with Crippen LogP contribution in [0.4, 0.5) is 0 Å². The molecule has 0 bridgehead atoms. The van der Waals surface area contributed by atoms with Crippen molar-refractivity contribution in [3.63, 3.8) is 0 Å². The summed E-state index contributed by atoms with van der Waals surface area (Å²) < 4.78 is 0. The quantitative estimate of drug-likeness (QED) is 0.154. The molecule has 0 saturated heterocycles. The van der Waals surface area contributed by atoms with Crippen LogP contribution in [0.25, 0.3) is 0 Å². The zero-order valence-electron chi connectivity index (χ0n) is 30.5. The lowest BCUT2D eigenvalue weighted by molar-refractivity contribution is -0.860. The summed E-state index contributed by atoms with van der Waals surface area (Å²) in [6.45, 7) is 36.7. The maximum Gasteiger partial charge on any atom is 0.0553 e. The minimum absolute atomic E-state index is 0.770. The molecule has 0 rings (SSSR count). The average molecular weight is 573 g/mol. The topological polar surface area (TPSA) is 17.8 Å². The molecule has 0 spiro atoms. The van der Waals surface area contributed by atoms with E-state index in [-0.39, 0.29) is 0 Å². The zero-order chi connectivity index (χ0) is 31.9. The summed E-state index contributed by atoms with van der Waals surface area (Å²) in [5, 5.41) is 0. The fourth-order valence-electron chi connectivity index (χ4n) is 4.16. The molecule has 0 unspecified atom stereocenters. The van der Waals surface area contributed by atoms with E-state index in [1.165, 1.54) is 123 Å². The number of rotatable bonds is 20. The van der Waals surface area contributed by atoms with Crippen molar-refractivity contribution >= 4 is 0 Å². The van der Waals surface area contributed by atoms with E-state index in [0.717, 1.165) is 23.7 Å². The second-order valence-corrected chi connectivity index (χ2v) is 13.8. The van der Waals surface area contributed by atoms with Crippen molar-refractivity contribution in [3.05, 3.63) is 28.2 Å². The maximum absolute atomic E-state index is 4.10. The van der Waals surface area contributed by atoms with Gasteiger partial charge >= 0.3 is 0 Å². The van der Waals surface area contributed by atoms with E-state index in [1.54, 1.807) is 0 Å². The van der Waals surface area contributed by atoms with Crippen molar-refractivity contribution in [1.29, 1.82) is 0 Å². The van der Waals surface area contributed by atoms with Crippen LogP contribution in [0.5, 0.6) is 0 Å². The van der Waals surface area contributed by atoms with Crippen LogP contribution in [0.15, 0.2) is 0 Å². The first-order valence-electron chi connectivity index (χ1n) is 17.3. The van der Waals surface area contributed by atoms with E-state index in [9.17, 15) is 0 Å². The molecule has 0 aromatic heterocycles. The van der Waals surface area contributed by atoms with Crippen LogP contribution in [-0.4, -0.2) is 52.4 Å². The second-order valence-electron chi connectivity index (χ2n) is 13.8. The molecule has 0 heterocycles. The lowest BCUT2D eigenvalue weighted by Crippen LogP contribution is -3.08. The van der Waals surface area contributed by atoms with Gasteiger partial charge in [-0.3, -0.25) is 0 Å². The molecule has 0 aromatic carbocycles. The van der Waals surface area contributed by atoms with Crippen LogP contribution in [0.3, 0.4) is 0 Å². The summed E-state index contributed by atoms with van der Waals surface area (Å²) in [4.78, 5) is 5.71. The van der Waals surface area contributed by atoms with Gasteiger partial charge in [-0.15, -0.1) is 0 Å². The third-order valence-electron chi connectivity index (χ3n) is 6.52. The fraction of sp³-hybridized carbons (Fsp3) is 0.889. The first kappa shape index (κ1) is 46.8. The fourth-order valence-corrected chi connectivity index (χ4v) is 4.16. The summed E-state index contributed by atoms with van der Waals surface area (Å²) in [6, 6.07) is 0. The van der Waals surface area contributed by atoms with Crippen LogP contribution in [0, 0.1) is 51.9 Å². The van der Waals surface area contributed by atoms with Gasteiger partial charge in [0.2, 0.25) is 0 Å². The molecule has 0 aliphatic carbocycles. The average Bonchev–Trinajstić information content (AvgIpc) is 2.84. The highest BCUT2D eigenvalue weighted by Gasteiger charge is 2.02. The Morgan fingerprint density at radius 1 is 0.375 bits per heavy atom. The van der Waals surface area contributed by atoms with Crippen LogP contribution in [0.2, 0.25) is 0 Å². The third-order valence-corrected chi connectivity index (χ3v) is 6.52. The lowest BCUT2D eigenvalue weighted by Gasteiger charge is -2.24. The number of nitrogens with one attached hydrogen (secondary N) is 4. The number of quaternary nitrogens is 4. The van der Waals surface area contributed by atoms with Gasteiger partial charge in [-0.25, -0.2) is 0 Å². The zero-order valence-corrected chi connectivity index (χ0v) is 30.5. The Labute approximate surface area is 258 Å². The molecule has 0 radical (unpaired) electrons. The predicted octanol–water partition coefficient (Wildman–Crippen LogP) is 4.48. The molecule has 0 saturated carbocycles. The van der Waals surface area contributed by atoms with Gasteiger partial charge in [0.25, 0.3) is 0 Å². The Balaban J connectivity index is -0.000000218. The van der Waals surface area contributed by atoms with Crippen LogP contribution >= 0.6 is 0 Å². The predicted molar refractivity (Wildman–Crippen MR) is 183 cm³/mol. The summed E-state index contributed by atoms with van der Waals surface area (Å²) in [7, 11) is 16.1. The lowest BCUT2D eigenvalue weighted by atomic mass is 10.1. The summed E-state index contributed by atoms with van der Waals surface area (Å²) >= 11 is 0. The Morgan fingerprint density at radius 3 is 0.925 bits per heavy atom. The van der Waals surface area contributed by atoms with E-state index >= 15 is 0 Å². The monoisotopic (exact) mass is 573 g/mol. The van der Waals surface area contributed by atoms with Gasteiger partial charge < -0.3 is 19.6 Å². The number of hydrogen-bond donors (Lipinski definition) is 4. The van der Waals surface area contributed by atoms with Gasteiger partial charge in [0.1, 0.15) is 0 Å². The van der Waals surface area contributed by atoms with Crippen LogP contribution in [0.1, 0.15) is 134 Å². The minimum Gasteiger partial charge on any atom is -0.468 e. The van der Waals surface area contributed by atoms with Crippen molar-refractivity contribution in [3.8, 4) is 0 Å². The van der Waals surface area contributed by atoms with Crippen molar-refractivity contribution < 1.29 is 19.6 Å². The maximum atomic E-state index is 4.10. The molecule has 248 valence electrons. The van der Waals surface area contributed by atoms with Crippen molar-refractivity contribution in [2.45, 2.75) is 134 Å². The van der Waals surface area contributed by atoms with Gasteiger partial charge in [0.05, 0.1) is 52.4 Å². The molecule has 4 nitrogen and oxygen atoms in total. The Hall–Kier alpha value is -0.160. The molecule has 0 aliphatic heterocycles. The Morgan fingerprint density at radius 2 is 0.675 bits per heavy atom. The van der Waals surface area contributed by atoms with Crippen molar-refractivity contribution in [2.75, 3.05) is 52.4 Å². The third kappa shape index (κ3) is 50.7. The van der Waals surface area contributed by atoms with Gasteiger partial charge in [0, 0.05) is 11.8 Å². The molecule has 0 fully saturated rings. The molecule has 4 N–H and O–H groups in total. The normalized spacial score (nSPS) is 11.4. The summed E-state index contributed by atoms with van der Waals surface area (Å²) in [5.41, 5.74) is 0. The molecule has 0 atom stereocenters. The van der Waals surface area contributed by atoms with Gasteiger partial charge in [-0.2, -0.15) is 28.2 Å². The Bertz CT molecular complexity index is 401. The molecule has 4 heteroatoms. The van der Waals surface area contributed by atoms with Crippen molar-refractivity contribution in [2.24, 2.45) is 23.7 Å². The Kier molecular flexibility index (Phi) is 41.0. The number of unbranched alkanes of at least 4 members (excludes halogenated alkanes) is 2. The smallest absolute Gasteiger partial charge is 0.0553 e. The SMILES string of the molecule is [CH2-][NH+](CC(C)C)CC(C)C.[CH2-][NH+](CCC(C)C)CCC(C)C.[CH2-][NH+](CCC)CCC.[CH2-][NH+](CCCC)CCCC. The highest BCUT2D eigenvalue weighted by atomic mass is 15.1. The first-order chi connectivity index (χ1) is 18.7. The van der Waals surface area contributed by atoms with Gasteiger partial charge in [-0.1, -0.05) is 95.9 Å². The van der Waals surface area contributed by atoms with E-state index in [1.807, 2.05) is 0 Å². The first-order valence-corrected chi connectivity index (χ1v) is 17.3. The van der Waals surface area contributed by atoms with Gasteiger partial charge in [-0.05, 0) is 50.4 Å². The van der Waals surface area contributed by atoms with E-state index in [2.05, 4.69) is 111 Å². The highest BCUT2D eigenvalue weighted by Crippen LogP contribution is 1.97. The molecule has 40 heavy (non-hydrogen) atoms. The molecule has 0 amide bonds. The summed E-state index contributed by atoms with van der Waals surface area (Å²) in [5.74, 6) is 3.18. The molecule has 0 aliphatic rings. The number of hydrogen-bond acceptors (Lipinski definition) is 0. The largest absolute Gasteiger partial charge is 0.468 e. The van der Waals surface area contributed by atoms with E-state index in [4.69, 9.17) is 0 Å². The van der Waals surface area contributed by atoms with Crippen LogP contribution < -0.4 is 19.6 Å². The standard InChI is InChI=1S/C11H25N.2C9H21N.C7H17N/c1-10(2)6-8-12(5)9-7-11(3)4;1-8(2)6-10(5)7-9(3)4;1-4-6-8-10(3)9-7-5-2;1-4-6-8(3)7-5-2/h10-12H,5-9H2,1-4H3;8-10H,5-7H2,1-4H3;10H,3-9H2,1-2H3;8H,3-7H2,1-2H3. The van der Waals surface area contributed by atoms with Crippen molar-refractivity contribution in [1.82, 2.24) is 0 Å². The summed E-state index contributed by atoms with van der Waals surface area (Å²) in [6.07, 6.45) is 10.3. The second kappa shape index (κ2) is 35.0. The minimum atomic E-state index is 0.770.